The minimum atomic E-state index is -0.116. The van der Waals surface area contributed by atoms with E-state index in [-0.39, 0.29) is 5.82 Å². The van der Waals surface area contributed by atoms with E-state index in [4.69, 9.17) is 4.74 Å². The average Bonchev–Trinajstić information content (AvgIpc) is 2.39. The van der Waals surface area contributed by atoms with Crippen LogP contribution in [0.15, 0.2) is 18.2 Å². The van der Waals surface area contributed by atoms with Crippen molar-refractivity contribution in [3.63, 3.8) is 0 Å². The summed E-state index contributed by atoms with van der Waals surface area (Å²) < 4.78 is 18.7. The number of hydrogen-bond acceptors (Lipinski definition) is 2. The van der Waals surface area contributed by atoms with Crippen molar-refractivity contribution in [1.82, 2.24) is 5.32 Å². The van der Waals surface area contributed by atoms with Crippen molar-refractivity contribution in [2.24, 2.45) is 5.92 Å². The number of rotatable bonds is 4. The lowest BCUT2D eigenvalue weighted by Gasteiger charge is -2.22. The van der Waals surface area contributed by atoms with Crippen molar-refractivity contribution < 1.29 is 9.13 Å². The zero-order valence-electron chi connectivity index (χ0n) is 10.3. The predicted octanol–water partition coefficient (Wildman–Crippen LogP) is 2.77. The molecule has 3 heteroatoms. The average molecular weight is 237 g/mol. The quantitative estimate of drug-likeness (QED) is 0.869. The van der Waals surface area contributed by atoms with E-state index in [1.165, 1.54) is 18.9 Å². The third-order valence-electron chi connectivity index (χ3n) is 3.47. The molecule has 0 aromatic heterocycles. The van der Waals surface area contributed by atoms with Gasteiger partial charge in [0.1, 0.15) is 11.6 Å². The van der Waals surface area contributed by atoms with Gasteiger partial charge < -0.3 is 10.1 Å². The normalized spacial score (nSPS) is 20.2. The van der Waals surface area contributed by atoms with Crippen molar-refractivity contribution in [1.29, 1.82) is 0 Å². The number of benzene rings is 1. The van der Waals surface area contributed by atoms with Gasteiger partial charge in [-0.3, -0.25) is 0 Å². The highest BCUT2D eigenvalue weighted by atomic mass is 19.1. The van der Waals surface area contributed by atoms with Gasteiger partial charge in [-0.25, -0.2) is 4.39 Å². The second kappa shape index (κ2) is 6.01. The van der Waals surface area contributed by atoms with E-state index in [9.17, 15) is 4.39 Å². The molecule has 0 aliphatic carbocycles. The predicted molar refractivity (Wildman–Crippen MR) is 66.9 cm³/mol. The molecule has 1 aliphatic heterocycles. The van der Waals surface area contributed by atoms with Crippen LogP contribution in [0, 0.1) is 11.7 Å². The molecule has 2 rings (SSSR count). The van der Waals surface area contributed by atoms with E-state index in [0.29, 0.717) is 5.92 Å². The number of ether oxygens (including phenoxy) is 1. The van der Waals surface area contributed by atoms with Gasteiger partial charge in [-0.1, -0.05) is 0 Å². The van der Waals surface area contributed by atoms with Crippen LogP contribution in [-0.2, 0) is 6.42 Å². The van der Waals surface area contributed by atoms with Crippen LogP contribution in [0.2, 0.25) is 0 Å². The molecule has 1 aromatic carbocycles. The first-order valence-corrected chi connectivity index (χ1v) is 6.32. The summed E-state index contributed by atoms with van der Waals surface area (Å²) in [5.41, 5.74) is 0.773. The standard InChI is InChI=1S/C14H20FNO/c1-17-13-6-7-14(15)12(9-13)5-4-11-3-2-8-16-10-11/h6-7,9,11,16H,2-5,8,10H2,1H3. The Hall–Kier alpha value is -1.09. The molecule has 0 saturated carbocycles. The highest BCUT2D eigenvalue weighted by Gasteiger charge is 2.14. The highest BCUT2D eigenvalue weighted by Crippen LogP contribution is 2.21. The molecule has 1 heterocycles. The fraction of sp³-hybridized carbons (Fsp3) is 0.571. The maximum absolute atomic E-state index is 13.6. The number of piperidine rings is 1. The molecule has 17 heavy (non-hydrogen) atoms. The number of halogens is 1. The van der Waals surface area contributed by atoms with E-state index in [1.54, 1.807) is 13.2 Å². The van der Waals surface area contributed by atoms with Crippen molar-refractivity contribution in [3.05, 3.63) is 29.6 Å². The minimum absolute atomic E-state index is 0.116. The van der Waals surface area contributed by atoms with Gasteiger partial charge in [-0.05, 0) is 68.5 Å². The number of methoxy groups -OCH3 is 1. The lowest BCUT2D eigenvalue weighted by Crippen LogP contribution is -2.29. The monoisotopic (exact) mass is 237 g/mol. The molecule has 1 aliphatic rings. The summed E-state index contributed by atoms with van der Waals surface area (Å²) in [5.74, 6) is 1.31. The van der Waals surface area contributed by atoms with Crippen LogP contribution in [0.25, 0.3) is 0 Å². The van der Waals surface area contributed by atoms with E-state index in [2.05, 4.69) is 5.32 Å². The summed E-state index contributed by atoms with van der Waals surface area (Å²) in [4.78, 5) is 0. The lowest BCUT2D eigenvalue weighted by molar-refractivity contribution is 0.356. The van der Waals surface area contributed by atoms with Crippen molar-refractivity contribution in [3.8, 4) is 5.75 Å². The van der Waals surface area contributed by atoms with Gasteiger partial charge >= 0.3 is 0 Å². The van der Waals surface area contributed by atoms with Crippen LogP contribution in [0.1, 0.15) is 24.8 Å². The maximum Gasteiger partial charge on any atom is 0.126 e. The van der Waals surface area contributed by atoms with Crippen LogP contribution in [-0.4, -0.2) is 20.2 Å². The Balaban J connectivity index is 1.92. The summed E-state index contributed by atoms with van der Waals surface area (Å²) in [7, 11) is 1.61. The Labute approximate surface area is 102 Å². The van der Waals surface area contributed by atoms with E-state index in [0.717, 1.165) is 37.2 Å². The molecule has 0 bridgehead atoms. The van der Waals surface area contributed by atoms with Gasteiger partial charge in [0.2, 0.25) is 0 Å². The van der Waals surface area contributed by atoms with Crippen molar-refractivity contribution in [2.75, 3.05) is 20.2 Å². The van der Waals surface area contributed by atoms with Gasteiger partial charge in [0.25, 0.3) is 0 Å². The van der Waals surface area contributed by atoms with Crippen LogP contribution < -0.4 is 10.1 Å². The molecule has 0 amide bonds. The Bertz CT molecular complexity index is 361. The summed E-state index contributed by atoms with van der Waals surface area (Å²) in [5, 5.41) is 3.39. The Morgan fingerprint density at radius 2 is 2.35 bits per heavy atom. The Morgan fingerprint density at radius 3 is 3.06 bits per heavy atom. The molecule has 1 N–H and O–H groups in total. The zero-order chi connectivity index (χ0) is 12.1. The molecular weight excluding hydrogens is 217 g/mol. The van der Waals surface area contributed by atoms with Gasteiger partial charge in [0.15, 0.2) is 0 Å². The Morgan fingerprint density at radius 1 is 1.47 bits per heavy atom. The Kier molecular flexibility index (Phi) is 4.37. The molecule has 1 unspecified atom stereocenters. The molecule has 2 nitrogen and oxygen atoms in total. The lowest BCUT2D eigenvalue weighted by atomic mass is 9.92. The number of hydrogen-bond donors (Lipinski definition) is 1. The number of nitrogens with one attached hydrogen (secondary N) is 1. The van der Waals surface area contributed by atoms with Gasteiger partial charge in [0.05, 0.1) is 7.11 Å². The molecule has 94 valence electrons. The first-order valence-electron chi connectivity index (χ1n) is 6.32. The molecular formula is C14H20FNO. The van der Waals surface area contributed by atoms with Gasteiger partial charge in [0, 0.05) is 0 Å². The topological polar surface area (TPSA) is 21.3 Å². The molecule has 0 spiro atoms. The second-order valence-corrected chi connectivity index (χ2v) is 4.71. The fourth-order valence-corrected chi connectivity index (χ4v) is 2.40. The van der Waals surface area contributed by atoms with E-state index < -0.39 is 0 Å². The summed E-state index contributed by atoms with van der Waals surface area (Å²) in [6.45, 7) is 2.20. The third kappa shape index (κ3) is 3.43. The van der Waals surface area contributed by atoms with Crippen molar-refractivity contribution >= 4 is 0 Å². The molecule has 1 fully saturated rings. The first kappa shape index (κ1) is 12.4. The van der Waals surface area contributed by atoms with E-state index in [1.807, 2.05) is 6.07 Å². The largest absolute Gasteiger partial charge is 0.497 e. The fourth-order valence-electron chi connectivity index (χ4n) is 2.40. The highest BCUT2D eigenvalue weighted by molar-refractivity contribution is 5.29. The number of aryl methyl sites for hydroxylation is 1. The van der Waals surface area contributed by atoms with E-state index >= 15 is 0 Å². The summed E-state index contributed by atoms with van der Waals surface area (Å²) in [6.07, 6.45) is 4.36. The maximum atomic E-state index is 13.6. The summed E-state index contributed by atoms with van der Waals surface area (Å²) >= 11 is 0. The van der Waals surface area contributed by atoms with Crippen molar-refractivity contribution in [2.45, 2.75) is 25.7 Å². The first-order chi connectivity index (χ1) is 8.29. The van der Waals surface area contributed by atoms with Crippen LogP contribution in [0.4, 0.5) is 4.39 Å². The van der Waals surface area contributed by atoms with Gasteiger partial charge in [-0.15, -0.1) is 0 Å². The van der Waals surface area contributed by atoms with Crippen LogP contribution in [0.5, 0.6) is 5.75 Å². The van der Waals surface area contributed by atoms with Crippen LogP contribution in [0.3, 0.4) is 0 Å². The molecule has 1 saturated heterocycles. The minimum Gasteiger partial charge on any atom is -0.497 e. The molecule has 1 atom stereocenters. The smallest absolute Gasteiger partial charge is 0.126 e. The molecule has 0 radical (unpaired) electrons. The summed E-state index contributed by atoms with van der Waals surface area (Å²) in [6, 6.07) is 4.97. The molecule has 1 aromatic rings. The second-order valence-electron chi connectivity index (χ2n) is 4.71. The third-order valence-corrected chi connectivity index (χ3v) is 3.47. The zero-order valence-corrected chi connectivity index (χ0v) is 10.3. The van der Waals surface area contributed by atoms with Crippen LogP contribution >= 0.6 is 0 Å². The van der Waals surface area contributed by atoms with Gasteiger partial charge in [-0.2, -0.15) is 0 Å². The SMILES string of the molecule is COc1ccc(F)c(CCC2CCCNC2)c1.